The number of hydrogen-bond donors (Lipinski definition) is 0. The lowest BCUT2D eigenvalue weighted by Gasteiger charge is -2.42. The molecule has 1 nitrogen and oxygen atoms in total. The van der Waals surface area contributed by atoms with Gasteiger partial charge in [-0.05, 0) is 47.0 Å². The van der Waals surface area contributed by atoms with Gasteiger partial charge in [-0.2, -0.15) is 0 Å². The zero-order chi connectivity index (χ0) is 18.0. The Labute approximate surface area is 149 Å². The predicted molar refractivity (Wildman–Crippen MR) is 109 cm³/mol. The number of nitrogens with zero attached hydrogens (tertiary/aromatic N) is 1. The van der Waals surface area contributed by atoms with Gasteiger partial charge in [0.15, 0.2) is 0 Å². The van der Waals surface area contributed by atoms with E-state index in [-0.39, 0.29) is 0 Å². The Morgan fingerprint density at radius 2 is 1.22 bits per heavy atom. The summed E-state index contributed by atoms with van der Waals surface area (Å²) in [6, 6.07) is 0.852. The Kier molecular flexibility index (Phi) is 19.6. The molecule has 0 rings (SSSR count). The Balaban J connectivity index is 0. The van der Waals surface area contributed by atoms with Crippen molar-refractivity contribution in [3.8, 4) is 0 Å². The smallest absolute Gasteiger partial charge is 0.0861 e. The van der Waals surface area contributed by atoms with Gasteiger partial charge in [0.1, 0.15) is 0 Å². The summed E-state index contributed by atoms with van der Waals surface area (Å²) in [5, 5.41) is 0. The number of quaternary nitrogens is 1. The van der Waals surface area contributed by atoms with Crippen LogP contribution >= 0.6 is 0 Å². The normalized spacial score (nSPS) is 12.4. The van der Waals surface area contributed by atoms with Crippen molar-refractivity contribution in [1.29, 1.82) is 0 Å². The van der Waals surface area contributed by atoms with Crippen molar-refractivity contribution in [3.63, 3.8) is 0 Å². The van der Waals surface area contributed by atoms with E-state index in [1.165, 1.54) is 88.3 Å². The van der Waals surface area contributed by atoms with Crippen molar-refractivity contribution >= 4 is 0 Å². The minimum atomic E-state index is 0.852. The summed E-state index contributed by atoms with van der Waals surface area (Å²) < 4.78 is 1.34. The highest BCUT2D eigenvalue weighted by molar-refractivity contribution is 4.56. The fraction of sp³-hybridized carbons (Fsp3) is 0.909. The van der Waals surface area contributed by atoms with E-state index in [1.54, 1.807) is 6.08 Å². The van der Waals surface area contributed by atoms with Gasteiger partial charge in [0.25, 0.3) is 0 Å². The highest BCUT2D eigenvalue weighted by atomic mass is 15.4. The third-order valence-electron chi connectivity index (χ3n) is 5.34. The number of unbranched alkanes of at least 4 members (excludes halogenated alkanes) is 7. The summed E-state index contributed by atoms with van der Waals surface area (Å²) in [4.78, 5) is 0. The minimum absolute atomic E-state index is 0.852. The van der Waals surface area contributed by atoms with Crippen molar-refractivity contribution in [3.05, 3.63) is 12.7 Å². The van der Waals surface area contributed by atoms with E-state index in [0.717, 1.165) is 6.04 Å². The van der Waals surface area contributed by atoms with Gasteiger partial charge in [-0.15, -0.1) is 6.58 Å². The Hall–Kier alpha value is -0.300. The minimum Gasteiger partial charge on any atom is -0.322 e. The summed E-state index contributed by atoms with van der Waals surface area (Å²) in [7, 11) is 0. The van der Waals surface area contributed by atoms with Crippen LogP contribution in [-0.2, 0) is 0 Å². The van der Waals surface area contributed by atoms with Gasteiger partial charge < -0.3 is 4.48 Å². The second-order valence-electron chi connectivity index (χ2n) is 7.10. The van der Waals surface area contributed by atoms with E-state index in [0.29, 0.717) is 0 Å². The fourth-order valence-corrected chi connectivity index (χ4v) is 3.68. The van der Waals surface area contributed by atoms with Crippen molar-refractivity contribution in [1.82, 2.24) is 0 Å². The van der Waals surface area contributed by atoms with Crippen LogP contribution < -0.4 is 0 Å². The molecular weight excluding hydrogens is 278 g/mol. The molecule has 0 aliphatic heterocycles. The van der Waals surface area contributed by atoms with Gasteiger partial charge in [0.05, 0.1) is 25.7 Å². The average Bonchev–Trinajstić information content (AvgIpc) is 2.55. The first kappa shape index (κ1) is 24.9. The lowest BCUT2D eigenvalue weighted by molar-refractivity contribution is -0.946. The summed E-state index contributed by atoms with van der Waals surface area (Å²) in [6.07, 6.45) is 16.0. The Morgan fingerprint density at radius 1 is 0.783 bits per heavy atom. The quantitative estimate of drug-likeness (QED) is 0.178. The van der Waals surface area contributed by atoms with Crippen LogP contribution in [-0.4, -0.2) is 30.2 Å². The average molecular weight is 327 g/mol. The number of hydrogen-bond acceptors (Lipinski definition) is 0. The third kappa shape index (κ3) is 12.8. The number of allylic oxidation sites excluding steroid dienone is 1. The second-order valence-corrected chi connectivity index (χ2v) is 7.10. The SMILES string of the molecule is C=CC.CCCCCCCCCCC(C)[N+](CC)(CC)CCC. The molecule has 0 saturated carbocycles. The van der Waals surface area contributed by atoms with Gasteiger partial charge in [-0.1, -0.05) is 64.9 Å². The zero-order valence-electron chi connectivity index (χ0n) is 17.5. The van der Waals surface area contributed by atoms with Crippen molar-refractivity contribution in [2.24, 2.45) is 0 Å². The van der Waals surface area contributed by atoms with Crippen LogP contribution in [0.2, 0.25) is 0 Å². The molecule has 0 saturated heterocycles. The molecule has 0 N–H and O–H groups in total. The number of rotatable bonds is 14. The molecule has 140 valence electrons. The molecule has 0 aromatic carbocycles. The van der Waals surface area contributed by atoms with Crippen LogP contribution in [0.25, 0.3) is 0 Å². The molecule has 0 fully saturated rings. The molecule has 0 radical (unpaired) electrons. The highest BCUT2D eigenvalue weighted by Gasteiger charge is 2.28. The summed E-state index contributed by atoms with van der Waals surface area (Å²) in [5.74, 6) is 0. The predicted octanol–water partition coefficient (Wildman–Crippen LogP) is 7.36. The molecule has 1 heteroatoms. The maximum atomic E-state index is 3.36. The van der Waals surface area contributed by atoms with Crippen LogP contribution in [0.5, 0.6) is 0 Å². The molecule has 0 bridgehead atoms. The standard InChI is InChI=1S/C19H42N.C3H6/c1-6-10-11-12-13-14-15-16-17-19(5)20(8-3,9-4)18-7-2;1-3-2/h19H,6-18H2,1-5H3;3H,1H2,2H3/q+1;. The second kappa shape index (κ2) is 18.0. The maximum Gasteiger partial charge on any atom is 0.0861 e. The van der Waals surface area contributed by atoms with Gasteiger partial charge in [-0.25, -0.2) is 0 Å². The lowest BCUT2D eigenvalue weighted by atomic mass is 10.0. The van der Waals surface area contributed by atoms with Crippen molar-refractivity contribution in [2.75, 3.05) is 19.6 Å². The van der Waals surface area contributed by atoms with E-state index >= 15 is 0 Å². The largest absolute Gasteiger partial charge is 0.322 e. The van der Waals surface area contributed by atoms with Crippen LogP contribution in [0.1, 0.15) is 106 Å². The molecule has 23 heavy (non-hydrogen) atoms. The van der Waals surface area contributed by atoms with Crippen molar-refractivity contribution in [2.45, 2.75) is 112 Å². The maximum absolute atomic E-state index is 3.36. The van der Waals surface area contributed by atoms with Crippen LogP contribution in [0, 0.1) is 0 Å². The third-order valence-corrected chi connectivity index (χ3v) is 5.34. The molecule has 1 atom stereocenters. The highest BCUT2D eigenvalue weighted by Crippen LogP contribution is 2.20. The monoisotopic (exact) mass is 326 g/mol. The topological polar surface area (TPSA) is 0 Å². The zero-order valence-corrected chi connectivity index (χ0v) is 17.5. The molecule has 0 aliphatic carbocycles. The molecule has 0 aromatic heterocycles. The van der Waals surface area contributed by atoms with E-state index in [9.17, 15) is 0 Å². The van der Waals surface area contributed by atoms with E-state index < -0.39 is 0 Å². The van der Waals surface area contributed by atoms with E-state index in [4.69, 9.17) is 0 Å². The van der Waals surface area contributed by atoms with Gasteiger partial charge >= 0.3 is 0 Å². The Morgan fingerprint density at radius 3 is 1.61 bits per heavy atom. The first-order valence-corrected chi connectivity index (χ1v) is 10.5. The van der Waals surface area contributed by atoms with Crippen LogP contribution in [0.15, 0.2) is 12.7 Å². The molecule has 0 aromatic rings. The van der Waals surface area contributed by atoms with Gasteiger partial charge in [0, 0.05) is 0 Å². The van der Waals surface area contributed by atoms with E-state index in [1.807, 2.05) is 6.92 Å². The molecule has 0 spiro atoms. The molecule has 0 aliphatic rings. The first-order chi connectivity index (χ1) is 11.1. The Bertz CT molecular complexity index is 230. The van der Waals surface area contributed by atoms with Gasteiger partial charge in [-0.3, -0.25) is 0 Å². The van der Waals surface area contributed by atoms with Crippen LogP contribution in [0.3, 0.4) is 0 Å². The molecule has 0 amide bonds. The summed E-state index contributed by atoms with van der Waals surface area (Å²) >= 11 is 0. The summed E-state index contributed by atoms with van der Waals surface area (Å²) in [6.45, 7) is 21.1. The first-order valence-electron chi connectivity index (χ1n) is 10.5. The van der Waals surface area contributed by atoms with E-state index in [2.05, 4.69) is 41.2 Å². The fourth-order valence-electron chi connectivity index (χ4n) is 3.68. The molecule has 1 unspecified atom stereocenters. The molecular formula is C22H48N+. The van der Waals surface area contributed by atoms with Crippen molar-refractivity contribution < 1.29 is 4.48 Å². The van der Waals surface area contributed by atoms with Crippen LogP contribution in [0.4, 0.5) is 0 Å². The molecule has 0 heterocycles. The van der Waals surface area contributed by atoms with Gasteiger partial charge in [0.2, 0.25) is 0 Å². The summed E-state index contributed by atoms with van der Waals surface area (Å²) in [5.41, 5.74) is 0. The lowest BCUT2D eigenvalue weighted by Crippen LogP contribution is -2.54.